The van der Waals surface area contributed by atoms with Gasteiger partial charge in [0.05, 0.1) is 5.56 Å². The number of thiophene rings is 1. The number of hydrogen-bond acceptors (Lipinski definition) is 3. The van der Waals surface area contributed by atoms with Crippen molar-refractivity contribution in [1.82, 2.24) is 10.2 Å². The molecule has 0 aliphatic carbocycles. The number of fused-ring (bicyclic) bond motifs is 1. The molecule has 1 atom stereocenters. The molecule has 0 radical (unpaired) electrons. The zero-order valence-electron chi connectivity index (χ0n) is 16.4. The first kappa shape index (κ1) is 19.9. The second-order valence-electron chi connectivity index (χ2n) is 7.74. The molecule has 2 heterocycles. The number of carbonyl (C=O) groups excluding carboxylic acids is 2. The number of carbonyl (C=O) groups is 2. The number of benzene rings is 2. The molecule has 2 amide bonds. The van der Waals surface area contributed by atoms with Crippen molar-refractivity contribution >= 4 is 44.8 Å². The van der Waals surface area contributed by atoms with Crippen molar-refractivity contribution in [3.63, 3.8) is 0 Å². The lowest BCUT2D eigenvalue weighted by molar-refractivity contribution is -0.144. The van der Waals surface area contributed by atoms with Crippen LogP contribution in [-0.2, 0) is 11.3 Å². The van der Waals surface area contributed by atoms with Gasteiger partial charge in [0.1, 0.15) is 5.54 Å². The van der Waals surface area contributed by atoms with Gasteiger partial charge in [0.2, 0.25) is 5.91 Å². The van der Waals surface area contributed by atoms with E-state index < -0.39 is 5.54 Å². The van der Waals surface area contributed by atoms with E-state index in [0.29, 0.717) is 30.1 Å². The first-order valence-corrected chi connectivity index (χ1v) is 11.0. The second-order valence-corrected chi connectivity index (χ2v) is 9.09. The minimum Gasteiger partial charge on any atom is -0.350 e. The van der Waals surface area contributed by atoms with Crippen LogP contribution in [0.4, 0.5) is 0 Å². The molecule has 6 heteroatoms. The molecule has 0 bridgehead atoms. The molecule has 1 aliphatic rings. The smallest absolute Gasteiger partial charge is 0.256 e. The third kappa shape index (κ3) is 3.43. The Balaban J connectivity index is 1.57. The molecule has 0 saturated carbocycles. The molecule has 2 aromatic carbocycles. The Morgan fingerprint density at radius 3 is 2.69 bits per heavy atom. The Bertz CT molecular complexity index is 1080. The maximum absolute atomic E-state index is 13.4. The van der Waals surface area contributed by atoms with E-state index in [1.807, 2.05) is 61.7 Å². The minimum absolute atomic E-state index is 0.00413. The lowest BCUT2D eigenvalue weighted by Crippen LogP contribution is -2.71. The predicted molar refractivity (Wildman–Crippen MR) is 118 cm³/mol. The molecule has 1 N–H and O–H groups in total. The van der Waals surface area contributed by atoms with E-state index in [2.05, 4.69) is 5.32 Å². The Morgan fingerprint density at radius 2 is 2.00 bits per heavy atom. The van der Waals surface area contributed by atoms with Crippen LogP contribution in [0.5, 0.6) is 0 Å². The second kappa shape index (κ2) is 7.81. The maximum Gasteiger partial charge on any atom is 0.256 e. The van der Waals surface area contributed by atoms with Crippen molar-refractivity contribution in [2.24, 2.45) is 5.92 Å². The normalized spacial score (nSPS) is 18.7. The van der Waals surface area contributed by atoms with Crippen LogP contribution in [0.25, 0.3) is 10.1 Å². The van der Waals surface area contributed by atoms with Crippen LogP contribution >= 0.6 is 22.9 Å². The van der Waals surface area contributed by atoms with Crippen molar-refractivity contribution in [1.29, 1.82) is 0 Å². The van der Waals surface area contributed by atoms with Crippen molar-refractivity contribution in [2.75, 3.05) is 6.54 Å². The molecule has 150 valence electrons. The molecule has 4 rings (SSSR count). The summed E-state index contributed by atoms with van der Waals surface area (Å²) in [4.78, 5) is 28.4. The molecule has 1 fully saturated rings. The van der Waals surface area contributed by atoms with Gasteiger partial charge in [-0.15, -0.1) is 11.3 Å². The van der Waals surface area contributed by atoms with E-state index in [-0.39, 0.29) is 17.7 Å². The lowest BCUT2D eigenvalue weighted by atomic mass is 9.74. The van der Waals surface area contributed by atoms with Gasteiger partial charge in [-0.3, -0.25) is 9.59 Å². The Morgan fingerprint density at radius 1 is 1.21 bits per heavy atom. The van der Waals surface area contributed by atoms with E-state index in [9.17, 15) is 9.59 Å². The summed E-state index contributed by atoms with van der Waals surface area (Å²) >= 11 is 7.60. The van der Waals surface area contributed by atoms with Crippen LogP contribution in [0.15, 0.2) is 53.9 Å². The Labute approximate surface area is 179 Å². The zero-order valence-corrected chi connectivity index (χ0v) is 18.0. The highest BCUT2D eigenvalue weighted by molar-refractivity contribution is 7.17. The van der Waals surface area contributed by atoms with Gasteiger partial charge in [-0.05, 0) is 36.1 Å². The van der Waals surface area contributed by atoms with Gasteiger partial charge in [-0.25, -0.2) is 0 Å². The standard InChI is InChI=1S/C23H23ClN2O2S/c1-15(2)23(22(28)25-13-16-6-5-7-17(24)12-16)10-11-26(23)21(27)19-14-29-20-9-4-3-8-18(19)20/h3-9,12,14-15H,10-11,13H2,1-2H3,(H,25,28). The molecule has 1 aromatic heterocycles. The fraction of sp³-hybridized carbons (Fsp3) is 0.304. The minimum atomic E-state index is -0.821. The topological polar surface area (TPSA) is 49.4 Å². The van der Waals surface area contributed by atoms with E-state index in [0.717, 1.165) is 15.6 Å². The zero-order chi connectivity index (χ0) is 20.6. The fourth-order valence-corrected chi connectivity index (χ4v) is 5.26. The Kier molecular flexibility index (Phi) is 5.36. The molecule has 1 saturated heterocycles. The van der Waals surface area contributed by atoms with Gasteiger partial charge in [0.15, 0.2) is 0 Å². The van der Waals surface area contributed by atoms with Crippen LogP contribution in [0.2, 0.25) is 5.02 Å². The van der Waals surface area contributed by atoms with Gasteiger partial charge in [-0.2, -0.15) is 0 Å². The SMILES string of the molecule is CC(C)C1(C(=O)NCc2cccc(Cl)c2)CCN1C(=O)c1csc2ccccc12. The van der Waals surface area contributed by atoms with Crippen molar-refractivity contribution in [3.8, 4) is 0 Å². The molecule has 1 aliphatic heterocycles. The summed E-state index contributed by atoms with van der Waals surface area (Å²) in [6.45, 7) is 4.98. The van der Waals surface area contributed by atoms with Crippen LogP contribution in [0.3, 0.4) is 0 Å². The van der Waals surface area contributed by atoms with Gasteiger partial charge in [0, 0.05) is 33.6 Å². The van der Waals surface area contributed by atoms with Gasteiger partial charge in [-0.1, -0.05) is 55.8 Å². The van der Waals surface area contributed by atoms with Gasteiger partial charge in [0.25, 0.3) is 5.91 Å². The fourth-order valence-electron chi connectivity index (χ4n) is 4.12. The summed E-state index contributed by atoms with van der Waals surface area (Å²) in [5, 5.41) is 6.52. The summed E-state index contributed by atoms with van der Waals surface area (Å²) < 4.78 is 1.08. The highest BCUT2D eigenvalue weighted by Crippen LogP contribution is 2.40. The average molecular weight is 427 g/mol. The van der Waals surface area contributed by atoms with Crippen molar-refractivity contribution in [3.05, 3.63) is 70.1 Å². The first-order valence-electron chi connectivity index (χ1n) is 9.74. The highest BCUT2D eigenvalue weighted by atomic mass is 35.5. The van der Waals surface area contributed by atoms with Gasteiger partial charge < -0.3 is 10.2 Å². The number of nitrogens with zero attached hydrogens (tertiary/aromatic N) is 1. The van der Waals surface area contributed by atoms with Gasteiger partial charge >= 0.3 is 0 Å². The molecular weight excluding hydrogens is 404 g/mol. The summed E-state index contributed by atoms with van der Waals surface area (Å²) in [5.74, 6) is -0.170. The summed E-state index contributed by atoms with van der Waals surface area (Å²) in [6, 6.07) is 15.3. The average Bonchev–Trinajstić information content (AvgIpc) is 3.10. The van der Waals surface area contributed by atoms with Crippen LogP contribution in [0.1, 0.15) is 36.2 Å². The monoisotopic (exact) mass is 426 g/mol. The first-order chi connectivity index (χ1) is 13.9. The third-order valence-electron chi connectivity index (χ3n) is 5.85. The molecule has 1 unspecified atom stereocenters. The Hall–Kier alpha value is -2.37. The summed E-state index contributed by atoms with van der Waals surface area (Å²) in [6.07, 6.45) is 0.667. The largest absolute Gasteiger partial charge is 0.350 e. The summed E-state index contributed by atoms with van der Waals surface area (Å²) in [7, 11) is 0. The number of halogens is 1. The van der Waals surface area contributed by atoms with E-state index in [1.54, 1.807) is 22.3 Å². The third-order valence-corrected chi connectivity index (χ3v) is 7.04. The maximum atomic E-state index is 13.4. The van der Waals surface area contributed by atoms with Crippen molar-refractivity contribution in [2.45, 2.75) is 32.4 Å². The molecule has 29 heavy (non-hydrogen) atoms. The van der Waals surface area contributed by atoms with Crippen LogP contribution in [-0.4, -0.2) is 28.8 Å². The number of amides is 2. The molecule has 3 aromatic rings. The summed E-state index contributed by atoms with van der Waals surface area (Å²) in [5.41, 5.74) is 0.794. The molecule has 4 nitrogen and oxygen atoms in total. The molecule has 0 spiro atoms. The van der Waals surface area contributed by atoms with Crippen molar-refractivity contribution < 1.29 is 9.59 Å². The highest BCUT2D eigenvalue weighted by Gasteiger charge is 2.55. The number of likely N-dealkylation sites (tertiary alicyclic amines) is 1. The number of rotatable bonds is 5. The van der Waals surface area contributed by atoms with E-state index >= 15 is 0 Å². The quantitative estimate of drug-likeness (QED) is 0.616. The number of hydrogen-bond donors (Lipinski definition) is 1. The van der Waals surface area contributed by atoms with Crippen LogP contribution in [0, 0.1) is 5.92 Å². The predicted octanol–water partition coefficient (Wildman–Crippen LogP) is 5.11. The molecular formula is C23H23ClN2O2S. The van der Waals surface area contributed by atoms with E-state index in [4.69, 9.17) is 11.6 Å². The van der Waals surface area contributed by atoms with E-state index in [1.165, 1.54) is 0 Å². The van der Waals surface area contributed by atoms with Crippen LogP contribution < -0.4 is 5.32 Å². The number of nitrogens with one attached hydrogen (secondary N) is 1. The lowest BCUT2D eigenvalue weighted by Gasteiger charge is -2.53.